The second-order valence-electron chi connectivity index (χ2n) is 5.79. The Kier molecular flexibility index (Phi) is 3.75. The van der Waals surface area contributed by atoms with E-state index in [0.717, 1.165) is 31.2 Å². The van der Waals surface area contributed by atoms with Crippen LogP contribution in [0.3, 0.4) is 0 Å². The predicted molar refractivity (Wildman–Crippen MR) is 83.0 cm³/mol. The molecule has 1 aromatic carbocycles. The first kappa shape index (κ1) is 14.5. The van der Waals surface area contributed by atoms with Gasteiger partial charge in [-0.15, -0.1) is 4.40 Å². The number of fused-ring (bicyclic) bond motifs is 1. The van der Waals surface area contributed by atoms with E-state index in [-0.39, 0.29) is 0 Å². The van der Waals surface area contributed by atoms with E-state index < -0.39 is 10.0 Å². The average Bonchev–Trinajstić information content (AvgIpc) is 2.79. The third-order valence-corrected chi connectivity index (χ3v) is 5.92. The maximum Gasteiger partial charge on any atom is 0.285 e. The summed E-state index contributed by atoms with van der Waals surface area (Å²) in [5.41, 5.74) is 0.732. The van der Waals surface area contributed by atoms with Crippen LogP contribution in [0, 0.1) is 0 Å². The standard InChI is InChI=1S/C15H21N3O2S/c1-16-11-7-9-12(10-8-11)18(2)15-13-5-3-4-6-14(13)21(19,20)17-15/h3-6,11-12,16H,7-10H2,1-2H3. The number of amidine groups is 1. The monoisotopic (exact) mass is 307 g/mol. The second-order valence-corrected chi connectivity index (χ2v) is 7.36. The van der Waals surface area contributed by atoms with Crippen LogP contribution in [-0.2, 0) is 10.0 Å². The van der Waals surface area contributed by atoms with Gasteiger partial charge >= 0.3 is 0 Å². The minimum atomic E-state index is -3.52. The Bertz CT molecular complexity index is 661. The van der Waals surface area contributed by atoms with Crippen molar-refractivity contribution in [3.05, 3.63) is 29.8 Å². The molecule has 1 heterocycles. The molecular formula is C15H21N3O2S. The van der Waals surface area contributed by atoms with Crippen LogP contribution in [0.5, 0.6) is 0 Å². The van der Waals surface area contributed by atoms with Crippen LogP contribution in [0.25, 0.3) is 0 Å². The largest absolute Gasteiger partial charge is 0.355 e. The summed E-state index contributed by atoms with van der Waals surface area (Å²) in [4.78, 5) is 2.38. The molecule has 0 amide bonds. The lowest BCUT2D eigenvalue weighted by Gasteiger charge is -2.35. The topological polar surface area (TPSA) is 61.8 Å². The van der Waals surface area contributed by atoms with Crippen molar-refractivity contribution in [3.8, 4) is 0 Å². The normalized spacial score (nSPS) is 27.0. The third kappa shape index (κ3) is 2.58. The molecule has 1 aliphatic carbocycles. The van der Waals surface area contributed by atoms with Crippen LogP contribution >= 0.6 is 0 Å². The molecule has 0 radical (unpaired) electrons. The highest BCUT2D eigenvalue weighted by molar-refractivity contribution is 7.90. The Morgan fingerprint density at radius 3 is 2.52 bits per heavy atom. The van der Waals surface area contributed by atoms with Gasteiger partial charge in [0.15, 0.2) is 5.84 Å². The van der Waals surface area contributed by atoms with E-state index in [9.17, 15) is 8.42 Å². The summed E-state index contributed by atoms with van der Waals surface area (Å²) in [5, 5.41) is 3.32. The number of hydrogen-bond acceptors (Lipinski definition) is 4. The van der Waals surface area contributed by atoms with Crippen molar-refractivity contribution in [1.29, 1.82) is 0 Å². The number of nitrogens with one attached hydrogen (secondary N) is 1. The molecule has 5 nitrogen and oxygen atoms in total. The van der Waals surface area contributed by atoms with Crippen molar-refractivity contribution in [2.24, 2.45) is 4.40 Å². The zero-order valence-corrected chi connectivity index (χ0v) is 13.2. The lowest BCUT2D eigenvalue weighted by Crippen LogP contribution is -2.42. The molecule has 2 aliphatic rings. The molecule has 1 aliphatic heterocycles. The molecular weight excluding hydrogens is 286 g/mol. The zero-order chi connectivity index (χ0) is 15.0. The number of sulfonamides is 1. The van der Waals surface area contributed by atoms with Crippen molar-refractivity contribution in [3.63, 3.8) is 0 Å². The molecule has 114 valence electrons. The number of hydrogen-bond donors (Lipinski definition) is 1. The van der Waals surface area contributed by atoms with Crippen molar-refractivity contribution in [1.82, 2.24) is 10.2 Å². The van der Waals surface area contributed by atoms with Gasteiger partial charge in [0.2, 0.25) is 0 Å². The maximum absolute atomic E-state index is 12.1. The summed E-state index contributed by atoms with van der Waals surface area (Å²) in [6.45, 7) is 0. The fraction of sp³-hybridized carbons (Fsp3) is 0.533. The van der Waals surface area contributed by atoms with Crippen molar-refractivity contribution in [2.75, 3.05) is 14.1 Å². The van der Waals surface area contributed by atoms with E-state index in [4.69, 9.17) is 0 Å². The van der Waals surface area contributed by atoms with E-state index in [0.29, 0.717) is 22.8 Å². The Hall–Kier alpha value is -1.40. The van der Waals surface area contributed by atoms with Crippen molar-refractivity contribution in [2.45, 2.75) is 42.7 Å². The van der Waals surface area contributed by atoms with Crippen LogP contribution < -0.4 is 5.32 Å². The van der Waals surface area contributed by atoms with Crippen LogP contribution in [0.15, 0.2) is 33.6 Å². The molecule has 3 rings (SSSR count). The highest BCUT2D eigenvalue weighted by Gasteiger charge is 2.33. The van der Waals surface area contributed by atoms with E-state index >= 15 is 0 Å². The summed E-state index contributed by atoms with van der Waals surface area (Å²) in [6.07, 6.45) is 4.35. The minimum Gasteiger partial charge on any atom is -0.355 e. The molecule has 21 heavy (non-hydrogen) atoms. The Balaban J connectivity index is 1.85. The van der Waals surface area contributed by atoms with Crippen LogP contribution in [-0.4, -0.2) is 45.3 Å². The van der Waals surface area contributed by atoms with Crippen LogP contribution in [0.4, 0.5) is 0 Å². The second kappa shape index (κ2) is 5.42. The molecule has 0 bridgehead atoms. The van der Waals surface area contributed by atoms with Gasteiger partial charge in [-0.25, -0.2) is 0 Å². The number of benzene rings is 1. The van der Waals surface area contributed by atoms with E-state index in [1.165, 1.54) is 0 Å². The summed E-state index contributed by atoms with van der Waals surface area (Å²) < 4.78 is 28.3. The summed E-state index contributed by atoms with van der Waals surface area (Å²) in [7, 11) is 0.438. The molecule has 0 saturated heterocycles. The Labute approximate surface area is 126 Å². The fourth-order valence-corrected chi connectivity index (χ4v) is 4.51. The average molecular weight is 307 g/mol. The summed E-state index contributed by atoms with van der Waals surface area (Å²) >= 11 is 0. The quantitative estimate of drug-likeness (QED) is 0.901. The minimum absolute atomic E-state index is 0.329. The summed E-state index contributed by atoms with van der Waals surface area (Å²) in [6, 6.07) is 8.01. The molecule has 0 spiro atoms. The zero-order valence-electron chi connectivity index (χ0n) is 12.4. The first-order valence-electron chi connectivity index (χ1n) is 7.37. The SMILES string of the molecule is CNC1CCC(N(C)C2=NS(=O)(=O)c3ccccc32)CC1. The third-order valence-electron chi connectivity index (χ3n) is 4.60. The van der Waals surface area contributed by atoms with Gasteiger partial charge in [0.1, 0.15) is 4.90 Å². The lowest BCUT2D eigenvalue weighted by molar-refractivity contribution is 0.248. The van der Waals surface area contributed by atoms with Gasteiger partial charge in [0.25, 0.3) is 10.0 Å². The molecule has 1 fully saturated rings. The Morgan fingerprint density at radius 2 is 1.86 bits per heavy atom. The van der Waals surface area contributed by atoms with Gasteiger partial charge in [-0.1, -0.05) is 12.1 Å². The first-order valence-corrected chi connectivity index (χ1v) is 8.81. The summed E-state index contributed by atoms with van der Waals surface area (Å²) in [5.74, 6) is 0.596. The molecule has 0 aromatic heterocycles. The Morgan fingerprint density at radius 1 is 1.19 bits per heavy atom. The highest BCUT2D eigenvalue weighted by Crippen LogP contribution is 2.30. The number of nitrogens with zero attached hydrogens (tertiary/aromatic N) is 2. The molecule has 6 heteroatoms. The molecule has 1 N–H and O–H groups in total. The van der Waals surface area contributed by atoms with Gasteiger partial charge in [-0.3, -0.25) is 0 Å². The predicted octanol–water partition coefficient (Wildman–Crippen LogP) is 1.60. The van der Waals surface area contributed by atoms with Crippen molar-refractivity contribution < 1.29 is 8.42 Å². The van der Waals surface area contributed by atoms with E-state index in [2.05, 4.69) is 14.6 Å². The smallest absolute Gasteiger partial charge is 0.285 e. The van der Waals surface area contributed by atoms with Crippen LogP contribution in [0.1, 0.15) is 31.2 Å². The van der Waals surface area contributed by atoms with Gasteiger partial charge in [0.05, 0.1) is 0 Å². The molecule has 1 aromatic rings. The molecule has 0 atom stereocenters. The van der Waals surface area contributed by atoms with Gasteiger partial charge in [-0.05, 0) is 44.9 Å². The first-order chi connectivity index (χ1) is 10.0. The maximum atomic E-state index is 12.1. The van der Waals surface area contributed by atoms with Gasteiger partial charge in [-0.2, -0.15) is 8.42 Å². The van der Waals surface area contributed by atoms with Crippen LogP contribution in [0.2, 0.25) is 0 Å². The van der Waals surface area contributed by atoms with E-state index in [1.54, 1.807) is 12.1 Å². The molecule has 0 unspecified atom stereocenters. The fourth-order valence-electron chi connectivity index (χ4n) is 3.27. The number of rotatable bonds is 2. The van der Waals surface area contributed by atoms with Gasteiger partial charge in [0, 0.05) is 24.7 Å². The van der Waals surface area contributed by atoms with Gasteiger partial charge < -0.3 is 10.2 Å². The lowest BCUT2D eigenvalue weighted by atomic mass is 9.90. The van der Waals surface area contributed by atoms with Crippen molar-refractivity contribution >= 4 is 15.9 Å². The van der Waals surface area contributed by atoms with E-state index in [1.807, 2.05) is 26.2 Å². The molecule has 1 saturated carbocycles. The highest BCUT2D eigenvalue weighted by atomic mass is 32.2.